The van der Waals surface area contributed by atoms with Crippen molar-refractivity contribution in [2.45, 2.75) is 6.54 Å². The zero-order chi connectivity index (χ0) is 15.8. The summed E-state index contributed by atoms with van der Waals surface area (Å²) < 4.78 is 0. The highest BCUT2D eigenvalue weighted by Crippen LogP contribution is 2.12. The van der Waals surface area contributed by atoms with E-state index in [0.29, 0.717) is 11.6 Å². The van der Waals surface area contributed by atoms with Gasteiger partial charge in [-0.3, -0.25) is 0 Å². The molecule has 0 aliphatic rings. The van der Waals surface area contributed by atoms with Crippen LogP contribution in [-0.4, -0.2) is 6.21 Å². The van der Waals surface area contributed by atoms with E-state index in [4.69, 9.17) is 16.9 Å². The maximum absolute atomic E-state index is 9.20. The number of benzene rings is 1. The van der Waals surface area contributed by atoms with Crippen LogP contribution in [0.1, 0.15) is 10.4 Å². The fourth-order valence-corrected chi connectivity index (χ4v) is 2.45. The Kier molecular flexibility index (Phi) is 5.73. The van der Waals surface area contributed by atoms with Gasteiger partial charge in [-0.25, -0.2) is 4.99 Å². The summed E-state index contributed by atoms with van der Waals surface area (Å²) in [6, 6.07) is 15.0. The number of nitriles is 2. The molecule has 1 heterocycles. The second-order valence-corrected chi connectivity index (χ2v) is 5.62. The summed E-state index contributed by atoms with van der Waals surface area (Å²) in [6.07, 6.45) is 1.57. The number of aliphatic imine (C=N–C) groups is 1. The second kappa shape index (κ2) is 7.99. The van der Waals surface area contributed by atoms with Crippen LogP contribution in [-0.2, 0) is 6.54 Å². The van der Waals surface area contributed by atoms with E-state index in [2.05, 4.69) is 10.3 Å². The number of rotatable bonds is 5. The lowest BCUT2D eigenvalue weighted by Gasteiger charge is -2.05. The van der Waals surface area contributed by atoms with Gasteiger partial charge in [0.2, 0.25) is 0 Å². The van der Waals surface area contributed by atoms with Crippen LogP contribution < -0.4 is 5.32 Å². The Balaban J connectivity index is 2.13. The number of hydrogen-bond acceptors (Lipinski definition) is 5. The zero-order valence-corrected chi connectivity index (χ0v) is 13.0. The summed E-state index contributed by atoms with van der Waals surface area (Å²) in [5.41, 5.74) is 1.10. The van der Waals surface area contributed by atoms with Crippen molar-refractivity contribution >= 4 is 29.2 Å². The van der Waals surface area contributed by atoms with Gasteiger partial charge in [-0.15, -0.1) is 11.3 Å². The highest BCUT2D eigenvalue weighted by atomic mass is 35.5. The number of hydrogen-bond donors (Lipinski definition) is 1. The van der Waals surface area contributed by atoms with Gasteiger partial charge < -0.3 is 5.32 Å². The lowest BCUT2D eigenvalue weighted by molar-refractivity contribution is 0.828. The van der Waals surface area contributed by atoms with Crippen molar-refractivity contribution in [3.63, 3.8) is 0 Å². The molecule has 0 aliphatic carbocycles. The van der Waals surface area contributed by atoms with E-state index in [9.17, 15) is 5.26 Å². The van der Waals surface area contributed by atoms with Crippen LogP contribution in [0.2, 0.25) is 5.02 Å². The highest BCUT2D eigenvalue weighted by Gasteiger charge is 2.05. The quantitative estimate of drug-likeness (QED) is 0.669. The standard InChI is InChI=1S/C16H11ClN4S/c17-13-4-1-3-12(7-13)10-20-15(8-18)16(9-19)21-11-14-5-2-6-22-14/h1-7,11,20H,10H2. The predicted octanol–water partition coefficient (Wildman–Crippen LogP) is 3.87. The minimum Gasteiger partial charge on any atom is -0.370 e. The van der Waals surface area contributed by atoms with Gasteiger partial charge in [0.25, 0.3) is 0 Å². The number of halogens is 1. The normalized spacial score (nSPS) is 11.6. The molecule has 2 rings (SSSR count). The van der Waals surface area contributed by atoms with E-state index < -0.39 is 0 Å². The second-order valence-electron chi connectivity index (χ2n) is 4.20. The third-order valence-electron chi connectivity index (χ3n) is 2.68. The van der Waals surface area contributed by atoms with E-state index in [1.54, 1.807) is 18.3 Å². The van der Waals surface area contributed by atoms with Crippen molar-refractivity contribution in [2.75, 3.05) is 0 Å². The molecule has 0 radical (unpaired) electrons. The van der Waals surface area contributed by atoms with Crippen LogP contribution in [0, 0.1) is 22.7 Å². The first-order valence-electron chi connectivity index (χ1n) is 6.33. The van der Waals surface area contributed by atoms with Crippen molar-refractivity contribution in [1.29, 1.82) is 10.5 Å². The molecule has 0 spiro atoms. The van der Waals surface area contributed by atoms with Gasteiger partial charge in [-0.05, 0) is 29.1 Å². The monoisotopic (exact) mass is 326 g/mol. The third-order valence-corrected chi connectivity index (χ3v) is 3.72. The Hall–Kier alpha value is -2.60. The first kappa shape index (κ1) is 15.8. The zero-order valence-electron chi connectivity index (χ0n) is 11.5. The topological polar surface area (TPSA) is 72.0 Å². The van der Waals surface area contributed by atoms with Crippen molar-refractivity contribution in [2.24, 2.45) is 4.99 Å². The van der Waals surface area contributed by atoms with Gasteiger partial charge >= 0.3 is 0 Å². The molecule has 0 fully saturated rings. The van der Waals surface area contributed by atoms with E-state index in [1.165, 1.54) is 11.3 Å². The summed E-state index contributed by atoms with van der Waals surface area (Å²) in [7, 11) is 0. The van der Waals surface area contributed by atoms with Crippen LogP contribution in [0.4, 0.5) is 0 Å². The molecule has 22 heavy (non-hydrogen) atoms. The molecular formula is C16H11ClN4S. The van der Waals surface area contributed by atoms with Crippen LogP contribution in [0.5, 0.6) is 0 Å². The lowest BCUT2D eigenvalue weighted by Crippen LogP contribution is -2.13. The Bertz CT molecular complexity index is 779. The highest BCUT2D eigenvalue weighted by molar-refractivity contribution is 7.11. The average Bonchev–Trinajstić information content (AvgIpc) is 3.04. The Morgan fingerprint density at radius 2 is 2.14 bits per heavy atom. The molecule has 1 aromatic carbocycles. The molecular weight excluding hydrogens is 316 g/mol. The SMILES string of the molecule is N#CC(N=Cc1cccs1)=C(C#N)NCc1cccc(Cl)c1. The van der Waals surface area contributed by atoms with Crippen LogP contribution >= 0.6 is 22.9 Å². The summed E-state index contributed by atoms with van der Waals surface area (Å²) in [6.45, 7) is 0.392. The number of thiophene rings is 1. The molecule has 108 valence electrons. The smallest absolute Gasteiger partial charge is 0.174 e. The molecule has 1 aromatic heterocycles. The van der Waals surface area contributed by atoms with Crippen molar-refractivity contribution < 1.29 is 0 Å². The number of allylic oxidation sites excluding steroid dienone is 2. The Morgan fingerprint density at radius 1 is 1.27 bits per heavy atom. The van der Waals surface area contributed by atoms with Gasteiger partial charge in [-0.1, -0.05) is 29.8 Å². The molecule has 0 unspecified atom stereocenters. The van der Waals surface area contributed by atoms with E-state index in [0.717, 1.165) is 10.4 Å². The van der Waals surface area contributed by atoms with Gasteiger partial charge in [0.15, 0.2) is 11.4 Å². The van der Waals surface area contributed by atoms with Crippen molar-refractivity contribution in [3.05, 3.63) is 68.6 Å². The maximum atomic E-state index is 9.20. The molecule has 2 aromatic rings. The van der Waals surface area contributed by atoms with Gasteiger partial charge in [0.1, 0.15) is 12.1 Å². The largest absolute Gasteiger partial charge is 0.370 e. The summed E-state index contributed by atoms with van der Waals surface area (Å²) in [5.74, 6) is 0. The first-order valence-corrected chi connectivity index (χ1v) is 7.59. The minimum absolute atomic E-state index is 0.0536. The minimum atomic E-state index is 0.0536. The van der Waals surface area contributed by atoms with E-state index in [1.807, 2.05) is 41.8 Å². The molecule has 0 aliphatic heterocycles. The fourth-order valence-electron chi connectivity index (χ4n) is 1.66. The number of nitrogens with zero attached hydrogens (tertiary/aromatic N) is 3. The summed E-state index contributed by atoms with van der Waals surface area (Å²) in [5, 5.41) is 23.8. The first-order chi connectivity index (χ1) is 10.7. The average molecular weight is 327 g/mol. The molecule has 1 N–H and O–H groups in total. The Morgan fingerprint density at radius 3 is 2.77 bits per heavy atom. The molecule has 0 amide bonds. The van der Waals surface area contributed by atoms with E-state index >= 15 is 0 Å². The van der Waals surface area contributed by atoms with Crippen molar-refractivity contribution in [3.8, 4) is 12.1 Å². The van der Waals surface area contributed by atoms with E-state index in [-0.39, 0.29) is 11.4 Å². The summed E-state index contributed by atoms with van der Waals surface area (Å²) in [4.78, 5) is 5.00. The lowest BCUT2D eigenvalue weighted by atomic mass is 10.2. The van der Waals surface area contributed by atoms with Gasteiger partial charge in [0.05, 0.1) is 0 Å². The molecule has 0 saturated carbocycles. The van der Waals surface area contributed by atoms with Gasteiger partial charge in [0, 0.05) is 22.7 Å². The fraction of sp³-hybridized carbons (Fsp3) is 0.0625. The molecule has 4 nitrogen and oxygen atoms in total. The third kappa shape index (κ3) is 4.46. The number of nitrogens with one attached hydrogen (secondary N) is 1. The molecule has 0 atom stereocenters. The molecule has 6 heteroatoms. The maximum Gasteiger partial charge on any atom is 0.174 e. The van der Waals surface area contributed by atoms with Crippen LogP contribution in [0.3, 0.4) is 0 Å². The Labute approximate surface area is 137 Å². The molecule has 0 bridgehead atoms. The van der Waals surface area contributed by atoms with Gasteiger partial charge in [-0.2, -0.15) is 10.5 Å². The van der Waals surface area contributed by atoms with Crippen LogP contribution in [0.15, 0.2) is 58.2 Å². The predicted molar refractivity (Wildman–Crippen MR) is 88.5 cm³/mol. The summed E-state index contributed by atoms with van der Waals surface area (Å²) >= 11 is 7.42. The van der Waals surface area contributed by atoms with Crippen LogP contribution in [0.25, 0.3) is 0 Å². The van der Waals surface area contributed by atoms with Crippen molar-refractivity contribution in [1.82, 2.24) is 5.32 Å². The molecule has 0 saturated heterocycles.